The van der Waals surface area contributed by atoms with E-state index in [1.165, 1.54) is 0 Å². The van der Waals surface area contributed by atoms with Gasteiger partial charge in [0.1, 0.15) is 5.69 Å². The van der Waals surface area contributed by atoms with Crippen molar-refractivity contribution in [1.29, 1.82) is 0 Å². The molecule has 1 N–H and O–H groups in total. The normalized spacial score (nSPS) is 19.7. The van der Waals surface area contributed by atoms with Crippen molar-refractivity contribution >= 4 is 28.3 Å². The maximum Gasteiger partial charge on any atom is 0.291 e. The van der Waals surface area contributed by atoms with Crippen LogP contribution in [-0.4, -0.2) is 63.0 Å². The first-order valence-corrected chi connectivity index (χ1v) is 11.2. The van der Waals surface area contributed by atoms with Gasteiger partial charge < -0.3 is 9.64 Å². The van der Waals surface area contributed by atoms with Crippen LogP contribution in [0.25, 0.3) is 0 Å². The van der Waals surface area contributed by atoms with Gasteiger partial charge in [-0.25, -0.2) is 8.78 Å². The van der Waals surface area contributed by atoms with E-state index in [0.29, 0.717) is 48.1 Å². The topological polar surface area (TPSA) is 102 Å². The Hall–Kier alpha value is -2.47. The fourth-order valence-electron chi connectivity index (χ4n) is 4.20. The fourth-order valence-corrected chi connectivity index (χ4v) is 4.80. The molecular weight excluding hydrogens is 430 g/mol. The zero-order valence-corrected chi connectivity index (χ0v) is 17.5. The van der Waals surface area contributed by atoms with Gasteiger partial charge >= 0.3 is 0 Å². The van der Waals surface area contributed by atoms with Crippen molar-refractivity contribution < 1.29 is 23.1 Å². The van der Waals surface area contributed by atoms with Crippen LogP contribution in [0.1, 0.15) is 69.6 Å². The highest BCUT2D eigenvalue weighted by atomic mass is 32.1. The molecule has 2 aromatic rings. The summed E-state index contributed by atoms with van der Waals surface area (Å²) < 4.78 is 32.5. The van der Waals surface area contributed by atoms with E-state index in [4.69, 9.17) is 4.74 Å². The molecule has 1 saturated heterocycles. The summed E-state index contributed by atoms with van der Waals surface area (Å²) in [6, 6.07) is 0. The number of amides is 2. The van der Waals surface area contributed by atoms with Crippen molar-refractivity contribution in [1.82, 2.24) is 24.9 Å². The zero-order valence-electron chi connectivity index (χ0n) is 16.7. The average molecular weight is 452 g/mol. The molecule has 3 aliphatic rings. The van der Waals surface area contributed by atoms with Gasteiger partial charge in [0.25, 0.3) is 18.2 Å². The van der Waals surface area contributed by atoms with Gasteiger partial charge in [-0.1, -0.05) is 11.3 Å². The Morgan fingerprint density at radius 2 is 1.97 bits per heavy atom. The lowest BCUT2D eigenvalue weighted by molar-refractivity contribution is 0.0420. The molecule has 0 bridgehead atoms. The minimum absolute atomic E-state index is 0.0134. The molecule has 2 amide bonds. The third kappa shape index (κ3) is 4.05. The third-order valence-electron chi connectivity index (χ3n) is 5.93. The smallest absolute Gasteiger partial charge is 0.291 e. The predicted molar refractivity (Wildman–Crippen MR) is 106 cm³/mol. The molecule has 12 heteroatoms. The summed E-state index contributed by atoms with van der Waals surface area (Å²) in [5.41, 5.74) is 1.32. The zero-order chi connectivity index (χ0) is 21.5. The van der Waals surface area contributed by atoms with E-state index in [-0.39, 0.29) is 22.7 Å². The Labute approximate surface area is 180 Å². The SMILES string of the molecule is O=C(Nc1nnc(C(F)F)s1)c1nn2c(c1C1CC1)C(=O)N(CC1CCOCC1)CC2. The van der Waals surface area contributed by atoms with Gasteiger partial charge in [-0.15, -0.1) is 10.2 Å². The largest absolute Gasteiger partial charge is 0.381 e. The van der Waals surface area contributed by atoms with E-state index in [1.807, 2.05) is 4.90 Å². The molecule has 1 saturated carbocycles. The van der Waals surface area contributed by atoms with E-state index < -0.39 is 17.3 Å². The molecule has 5 rings (SSSR count). The van der Waals surface area contributed by atoms with Crippen LogP contribution >= 0.6 is 11.3 Å². The maximum atomic E-state index is 13.3. The van der Waals surface area contributed by atoms with Crippen LogP contribution in [0.15, 0.2) is 0 Å². The van der Waals surface area contributed by atoms with Crippen LogP contribution in [-0.2, 0) is 11.3 Å². The Morgan fingerprint density at radius 3 is 2.65 bits per heavy atom. The number of carbonyl (C=O) groups excluding carboxylic acids is 2. The third-order valence-corrected chi connectivity index (χ3v) is 6.77. The number of halogens is 2. The van der Waals surface area contributed by atoms with Gasteiger partial charge in [0.15, 0.2) is 10.7 Å². The van der Waals surface area contributed by atoms with Gasteiger partial charge in [-0.3, -0.25) is 19.6 Å². The second-order valence-corrected chi connectivity index (χ2v) is 9.12. The van der Waals surface area contributed by atoms with Crippen molar-refractivity contribution in [2.45, 2.75) is 44.6 Å². The Morgan fingerprint density at radius 1 is 1.19 bits per heavy atom. The number of alkyl halides is 2. The minimum Gasteiger partial charge on any atom is -0.381 e. The van der Waals surface area contributed by atoms with Crippen molar-refractivity contribution in [3.05, 3.63) is 22.0 Å². The number of hydrogen-bond donors (Lipinski definition) is 1. The number of aromatic nitrogens is 4. The van der Waals surface area contributed by atoms with Crippen LogP contribution in [0, 0.1) is 5.92 Å². The number of hydrogen-bond acceptors (Lipinski definition) is 7. The molecule has 0 spiro atoms. The van der Waals surface area contributed by atoms with E-state index >= 15 is 0 Å². The van der Waals surface area contributed by atoms with Gasteiger partial charge in [0.05, 0.1) is 6.54 Å². The molecular formula is C19H22F2N6O3S. The first-order chi connectivity index (χ1) is 15.0. The van der Waals surface area contributed by atoms with Crippen LogP contribution < -0.4 is 5.32 Å². The van der Waals surface area contributed by atoms with Gasteiger partial charge in [-0.05, 0) is 37.5 Å². The van der Waals surface area contributed by atoms with E-state index in [1.54, 1.807) is 4.68 Å². The quantitative estimate of drug-likeness (QED) is 0.723. The molecule has 2 fully saturated rings. The summed E-state index contributed by atoms with van der Waals surface area (Å²) in [7, 11) is 0. The highest BCUT2D eigenvalue weighted by Gasteiger charge is 2.40. The number of anilines is 1. The molecule has 0 unspecified atom stereocenters. The molecule has 0 radical (unpaired) electrons. The van der Waals surface area contributed by atoms with Gasteiger partial charge in [0.2, 0.25) is 5.13 Å². The Bertz CT molecular complexity index is 999. The molecule has 31 heavy (non-hydrogen) atoms. The fraction of sp³-hybridized carbons (Fsp3) is 0.632. The molecule has 4 heterocycles. The number of nitrogens with zero attached hydrogens (tertiary/aromatic N) is 5. The van der Waals surface area contributed by atoms with Gasteiger partial charge in [0, 0.05) is 31.9 Å². The predicted octanol–water partition coefficient (Wildman–Crippen LogP) is 2.68. The lowest BCUT2D eigenvalue weighted by Crippen LogP contribution is -2.44. The lowest BCUT2D eigenvalue weighted by Gasteiger charge is -2.32. The molecule has 2 aromatic heterocycles. The summed E-state index contributed by atoms with van der Waals surface area (Å²) in [5, 5.41) is 13.5. The van der Waals surface area contributed by atoms with E-state index in [0.717, 1.165) is 38.9 Å². The number of carbonyl (C=O) groups is 2. The summed E-state index contributed by atoms with van der Waals surface area (Å²) in [4.78, 5) is 28.1. The van der Waals surface area contributed by atoms with Gasteiger partial charge in [-0.2, -0.15) is 5.10 Å². The number of fused-ring (bicyclic) bond motifs is 1. The van der Waals surface area contributed by atoms with Crippen LogP contribution in [0.5, 0.6) is 0 Å². The Balaban J connectivity index is 1.38. The highest BCUT2D eigenvalue weighted by Crippen LogP contribution is 2.44. The van der Waals surface area contributed by atoms with Crippen LogP contribution in [0.4, 0.5) is 13.9 Å². The molecule has 0 atom stereocenters. The van der Waals surface area contributed by atoms with E-state index in [9.17, 15) is 18.4 Å². The first kappa shape index (κ1) is 20.4. The number of ether oxygens (including phenoxy) is 1. The molecule has 9 nitrogen and oxygen atoms in total. The standard InChI is InChI=1S/C19H22F2N6O3S/c20-15(21)17-23-24-19(31-17)22-16(28)13-12(11-1-2-11)14-18(29)26(5-6-27(14)25-13)9-10-3-7-30-8-4-10/h10-11,15H,1-9H2,(H,22,24,28). The summed E-state index contributed by atoms with van der Waals surface area (Å²) in [6.07, 6.45) is 0.911. The minimum atomic E-state index is -2.75. The second-order valence-electron chi connectivity index (χ2n) is 8.12. The van der Waals surface area contributed by atoms with Crippen LogP contribution in [0.2, 0.25) is 0 Å². The molecule has 2 aliphatic heterocycles. The van der Waals surface area contributed by atoms with Crippen molar-refractivity contribution in [3.63, 3.8) is 0 Å². The molecule has 0 aromatic carbocycles. The number of rotatable bonds is 6. The lowest BCUT2D eigenvalue weighted by atomic mass is 9.98. The monoisotopic (exact) mass is 452 g/mol. The molecule has 1 aliphatic carbocycles. The van der Waals surface area contributed by atoms with Crippen LogP contribution in [0.3, 0.4) is 0 Å². The maximum absolute atomic E-state index is 13.3. The summed E-state index contributed by atoms with van der Waals surface area (Å²) >= 11 is 0.625. The Kier molecular flexibility index (Phi) is 5.42. The summed E-state index contributed by atoms with van der Waals surface area (Å²) in [5.74, 6) is -0.116. The first-order valence-electron chi connectivity index (χ1n) is 10.4. The van der Waals surface area contributed by atoms with Crippen molar-refractivity contribution in [2.75, 3.05) is 31.6 Å². The summed E-state index contributed by atoms with van der Waals surface area (Å²) in [6.45, 7) is 3.19. The number of nitrogens with one attached hydrogen (secondary N) is 1. The highest BCUT2D eigenvalue weighted by molar-refractivity contribution is 7.15. The second kappa shape index (κ2) is 8.23. The van der Waals surface area contributed by atoms with E-state index in [2.05, 4.69) is 20.6 Å². The average Bonchev–Trinajstić information content (AvgIpc) is 3.35. The molecule has 166 valence electrons. The van der Waals surface area contributed by atoms with Crippen molar-refractivity contribution in [2.24, 2.45) is 5.92 Å². The van der Waals surface area contributed by atoms with Crippen molar-refractivity contribution in [3.8, 4) is 0 Å².